The Morgan fingerprint density at radius 3 is 1.28 bits per heavy atom. The number of aryl methyl sites for hydroxylation is 2. The molecule has 10 heteroatoms. The van der Waals surface area contributed by atoms with Crippen LogP contribution in [0.2, 0.25) is 0 Å². The van der Waals surface area contributed by atoms with Gasteiger partial charge >= 0.3 is 17.8 Å². The Morgan fingerprint density at radius 1 is 0.720 bits per heavy atom. The fraction of sp³-hybridized carbons (Fsp3) is 0.333. The van der Waals surface area contributed by atoms with Gasteiger partial charge in [0.15, 0.2) is 0 Å². The zero-order valence-electron chi connectivity index (χ0n) is 12.5. The number of alkyl halides is 6. The highest BCUT2D eigenvalue weighted by Crippen LogP contribution is 2.65. The first kappa shape index (κ1) is 19.9. The van der Waals surface area contributed by atoms with Crippen molar-refractivity contribution in [1.29, 1.82) is 0 Å². The van der Waals surface area contributed by atoms with Crippen molar-refractivity contribution in [2.75, 3.05) is 0 Å². The lowest BCUT2D eigenvalue weighted by Crippen LogP contribution is -2.48. The molecule has 0 radical (unpaired) electrons. The summed E-state index contributed by atoms with van der Waals surface area (Å²) < 4.78 is 87.5. The molecule has 1 aliphatic carbocycles. The zero-order chi connectivity index (χ0) is 18.9. The van der Waals surface area contributed by atoms with Crippen molar-refractivity contribution >= 4 is 79.0 Å². The second-order valence-corrected chi connectivity index (χ2v) is 11.8. The number of halogens is 8. The Kier molecular flexibility index (Phi) is 4.86. The maximum Gasteiger partial charge on any atom is 0.380 e. The first-order chi connectivity index (χ1) is 11.3. The topological polar surface area (TPSA) is 0 Å². The van der Waals surface area contributed by atoms with E-state index < -0.39 is 28.9 Å². The SMILES string of the molecule is Cc1sc(I)cc1C1=C(c2cc(I)sc2C)C(F)(F)C(F)(F)C1(F)F. The third-order valence-electron chi connectivity index (χ3n) is 3.98. The summed E-state index contributed by atoms with van der Waals surface area (Å²) in [4.78, 5) is 0.598. The lowest BCUT2D eigenvalue weighted by molar-refractivity contribution is -0.254. The third kappa shape index (κ3) is 2.72. The Morgan fingerprint density at radius 2 is 1.04 bits per heavy atom. The van der Waals surface area contributed by atoms with Gasteiger partial charge in [0.2, 0.25) is 0 Å². The van der Waals surface area contributed by atoms with Crippen LogP contribution < -0.4 is 0 Å². The van der Waals surface area contributed by atoms with Crippen molar-refractivity contribution in [3.05, 3.63) is 38.8 Å². The molecule has 0 spiro atoms. The molecule has 0 aliphatic heterocycles. The van der Waals surface area contributed by atoms with Gasteiger partial charge in [-0.1, -0.05) is 0 Å². The minimum absolute atomic E-state index is 0.244. The molecule has 0 bridgehead atoms. The van der Waals surface area contributed by atoms with Crippen molar-refractivity contribution < 1.29 is 26.3 Å². The standard InChI is InChI=1S/C15H8F6I2S2/c1-5-7(3-9(22)24-5)11-12(8-4-10(23)25-6(8)2)14(18,19)15(20,21)13(11,16)17/h3-4H,1-2H3. The summed E-state index contributed by atoms with van der Waals surface area (Å²) in [6, 6.07) is 2.52. The van der Waals surface area contributed by atoms with Crippen molar-refractivity contribution in [3.8, 4) is 0 Å². The second kappa shape index (κ2) is 6.09. The molecular weight excluding hydrogens is 612 g/mol. The molecule has 0 saturated carbocycles. The fourth-order valence-electron chi connectivity index (χ4n) is 2.82. The van der Waals surface area contributed by atoms with Gasteiger partial charge in [0.25, 0.3) is 0 Å². The molecule has 0 saturated heterocycles. The number of rotatable bonds is 2. The molecule has 0 unspecified atom stereocenters. The molecule has 2 aromatic heterocycles. The van der Waals surface area contributed by atoms with Crippen LogP contribution in [0.3, 0.4) is 0 Å². The van der Waals surface area contributed by atoms with E-state index in [1.54, 1.807) is 0 Å². The predicted molar refractivity (Wildman–Crippen MR) is 105 cm³/mol. The smallest absolute Gasteiger partial charge is 0.194 e. The molecule has 25 heavy (non-hydrogen) atoms. The third-order valence-corrected chi connectivity index (χ3v) is 7.60. The molecule has 0 N–H and O–H groups in total. The first-order valence-corrected chi connectivity index (χ1v) is 10.5. The van der Waals surface area contributed by atoms with Gasteiger partial charge in [0.1, 0.15) is 0 Å². The molecule has 2 heterocycles. The van der Waals surface area contributed by atoms with Crippen LogP contribution in [0.5, 0.6) is 0 Å². The zero-order valence-corrected chi connectivity index (χ0v) is 18.4. The molecule has 136 valence electrons. The summed E-state index contributed by atoms with van der Waals surface area (Å²) >= 11 is 5.89. The maximum atomic E-state index is 14.5. The summed E-state index contributed by atoms with van der Waals surface area (Å²) in [5, 5.41) is 0. The van der Waals surface area contributed by atoms with Gasteiger partial charge in [0, 0.05) is 20.9 Å². The minimum atomic E-state index is -5.50. The van der Waals surface area contributed by atoms with Gasteiger partial charge in [-0.25, -0.2) is 0 Å². The molecule has 1 aliphatic rings. The van der Waals surface area contributed by atoms with Crippen LogP contribution in [-0.4, -0.2) is 17.8 Å². The minimum Gasteiger partial charge on any atom is -0.194 e. The van der Waals surface area contributed by atoms with Gasteiger partial charge in [0.05, 0.1) is 5.77 Å². The molecule has 2 aromatic rings. The number of hydrogen-bond donors (Lipinski definition) is 0. The van der Waals surface area contributed by atoms with E-state index in [4.69, 9.17) is 0 Å². The Hall–Kier alpha value is 0.180. The van der Waals surface area contributed by atoms with E-state index in [1.165, 1.54) is 26.0 Å². The summed E-state index contributed by atoms with van der Waals surface area (Å²) in [5.74, 6) is -15.4. The monoisotopic (exact) mass is 620 g/mol. The van der Waals surface area contributed by atoms with E-state index in [0.29, 0.717) is 15.5 Å². The van der Waals surface area contributed by atoms with Gasteiger partial charge in [-0.15, -0.1) is 22.7 Å². The van der Waals surface area contributed by atoms with Crippen LogP contribution in [0, 0.1) is 19.6 Å². The molecule has 0 amide bonds. The van der Waals surface area contributed by atoms with Crippen molar-refractivity contribution in [2.24, 2.45) is 0 Å². The number of thiophene rings is 2. The van der Waals surface area contributed by atoms with Gasteiger partial charge in [-0.05, 0) is 82.3 Å². The largest absolute Gasteiger partial charge is 0.380 e. The molecule has 3 rings (SSSR count). The van der Waals surface area contributed by atoms with Crippen LogP contribution in [-0.2, 0) is 0 Å². The molecule has 0 fully saturated rings. The highest BCUT2D eigenvalue weighted by atomic mass is 127. The van der Waals surface area contributed by atoms with Crippen LogP contribution in [0.4, 0.5) is 26.3 Å². The van der Waals surface area contributed by atoms with Gasteiger partial charge < -0.3 is 0 Å². The average molecular weight is 620 g/mol. The quantitative estimate of drug-likeness (QED) is 0.242. The first-order valence-electron chi connectivity index (χ1n) is 6.73. The van der Waals surface area contributed by atoms with Crippen molar-refractivity contribution in [1.82, 2.24) is 0 Å². The predicted octanol–water partition coefficient (Wildman–Crippen LogP) is 7.47. The maximum absolute atomic E-state index is 14.5. The molecular formula is C15H8F6I2S2. The van der Waals surface area contributed by atoms with E-state index in [2.05, 4.69) is 0 Å². The number of hydrogen-bond acceptors (Lipinski definition) is 2. The lowest BCUT2D eigenvalue weighted by atomic mass is 9.96. The molecule has 0 nitrogen and oxygen atoms in total. The number of allylic oxidation sites excluding steroid dienone is 2. The summed E-state index contributed by atoms with van der Waals surface area (Å²) in [7, 11) is 0. The summed E-state index contributed by atoms with van der Waals surface area (Å²) in [6.45, 7) is 2.92. The van der Waals surface area contributed by atoms with Crippen LogP contribution >= 0.6 is 67.9 Å². The van der Waals surface area contributed by atoms with E-state index in [0.717, 1.165) is 22.7 Å². The van der Waals surface area contributed by atoms with Crippen molar-refractivity contribution in [3.63, 3.8) is 0 Å². The molecule has 0 atom stereocenters. The second-order valence-electron chi connectivity index (χ2n) is 5.51. The van der Waals surface area contributed by atoms with E-state index >= 15 is 0 Å². The Balaban J connectivity index is 2.46. The fourth-order valence-corrected chi connectivity index (χ4v) is 6.91. The normalized spacial score (nSPS) is 21.2. The van der Waals surface area contributed by atoms with Gasteiger partial charge in [-0.3, -0.25) is 0 Å². The van der Waals surface area contributed by atoms with Gasteiger partial charge in [-0.2, -0.15) is 26.3 Å². The summed E-state index contributed by atoms with van der Waals surface area (Å²) in [5.41, 5.74) is -3.02. The Labute approximate surface area is 174 Å². The average Bonchev–Trinajstić information content (AvgIpc) is 2.98. The highest BCUT2D eigenvalue weighted by molar-refractivity contribution is 14.1. The van der Waals surface area contributed by atoms with E-state index in [1.807, 2.05) is 45.2 Å². The summed E-state index contributed by atoms with van der Waals surface area (Å²) in [6.07, 6.45) is 0. The van der Waals surface area contributed by atoms with E-state index in [-0.39, 0.29) is 11.1 Å². The van der Waals surface area contributed by atoms with Crippen LogP contribution in [0.1, 0.15) is 20.9 Å². The lowest BCUT2D eigenvalue weighted by Gasteiger charge is -2.25. The van der Waals surface area contributed by atoms with E-state index in [9.17, 15) is 26.3 Å². The highest BCUT2D eigenvalue weighted by Gasteiger charge is 2.80. The van der Waals surface area contributed by atoms with Crippen molar-refractivity contribution in [2.45, 2.75) is 31.6 Å². The van der Waals surface area contributed by atoms with Crippen LogP contribution in [0.15, 0.2) is 12.1 Å². The van der Waals surface area contributed by atoms with Crippen LogP contribution in [0.25, 0.3) is 11.1 Å². The Bertz CT molecular complexity index is 824. The molecule has 0 aromatic carbocycles.